The summed E-state index contributed by atoms with van der Waals surface area (Å²) in [5, 5.41) is 6.03. The number of ether oxygens (including phenoxy) is 1. The molecule has 2 aliphatic rings. The average molecular weight is 664 g/mol. The van der Waals surface area contributed by atoms with Crippen molar-refractivity contribution in [2.75, 3.05) is 70.8 Å². The number of halogens is 4. The molecular formula is C29H42Cl3FN6O4. The number of nitrogens with one attached hydrogen (secondary N) is 3. The Labute approximate surface area is 271 Å². The molecule has 0 saturated carbocycles. The third-order valence-electron chi connectivity index (χ3n) is 7.59. The van der Waals surface area contributed by atoms with Gasteiger partial charge < -0.3 is 25.3 Å². The van der Waals surface area contributed by atoms with Gasteiger partial charge >= 0.3 is 6.09 Å². The normalized spacial score (nSPS) is 15.2. The number of carbonyl (C=O) groups excluding carboxylic acids is 3. The zero-order chi connectivity index (χ0) is 28.8. The molecule has 4 rings (SSSR count). The van der Waals surface area contributed by atoms with Crippen molar-refractivity contribution in [3.05, 3.63) is 52.1 Å². The number of amides is 3. The highest BCUT2D eigenvalue weighted by molar-refractivity contribution is 6.35. The smallest absolute Gasteiger partial charge is 0.416 e. The number of imide groups is 1. The lowest BCUT2D eigenvalue weighted by Gasteiger charge is -2.28. The van der Waals surface area contributed by atoms with Gasteiger partial charge in [-0.15, -0.1) is 37.2 Å². The van der Waals surface area contributed by atoms with Crippen LogP contribution in [0.15, 0.2) is 18.2 Å². The van der Waals surface area contributed by atoms with E-state index in [9.17, 15) is 18.8 Å². The standard InChI is InChI=1S/C29H39FN6O4.3ClH/c1-5-34(6-2)13-14-36(29(39)40-16-15-35-11-9-31-10-12-35)28(38)26-19(3)25(32-20(26)4)18-23-22-17-21(30)7-8-24(22)33-27(23)37;;;/h7-8,17-18,31-32H,5-6,9-16H2,1-4H3,(H,33,37);3*1H/b23-18-;;;. The summed E-state index contributed by atoms with van der Waals surface area (Å²) < 4.78 is 19.5. The Kier molecular flexibility index (Phi) is 15.7. The van der Waals surface area contributed by atoms with Gasteiger partial charge in [-0.1, -0.05) is 13.8 Å². The minimum absolute atomic E-state index is 0. The van der Waals surface area contributed by atoms with Crippen molar-refractivity contribution in [1.82, 2.24) is 25.0 Å². The van der Waals surface area contributed by atoms with E-state index in [-0.39, 0.29) is 56.3 Å². The van der Waals surface area contributed by atoms with Crippen molar-refractivity contribution in [2.24, 2.45) is 0 Å². The number of piperazine rings is 1. The van der Waals surface area contributed by atoms with E-state index in [0.717, 1.165) is 39.3 Å². The third-order valence-corrected chi connectivity index (χ3v) is 7.59. The molecule has 2 aliphatic heterocycles. The first-order valence-corrected chi connectivity index (χ1v) is 13.9. The number of carbonyl (C=O) groups is 3. The number of hydrogen-bond donors (Lipinski definition) is 3. The van der Waals surface area contributed by atoms with Crippen LogP contribution in [0.1, 0.15) is 46.7 Å². The maximum absolute atomic E-state index is 13.9. The Morgan fingerprint density at radius 2 is 1.74 bits per heavy atom. The van der Waals surface area contributed by atoms with Crippen molar-refractivity contribution in [1.29, 1.82) is 0 Å². The fourth-order valence-electron chi connectivity index (χ4n) is 5.15. The largest absolute Gasteiger partial charge is 0.448 e. The van der Waals surface area contributed by atoms with Crippen LogP contribution in [0.4, 0.5) is 14.9 Å². The summed E-state index contributed by atoms with van der Waals surface area (Å²) in [4.78, 5) is 48.4. The van der Waals surface area contributed by atoms with Gasteiger partial charge in [0.05, 0.1) is 11.1 Å². The quantitative estimate of drug-likeness (QED) is 0.324. The van der Waals surface area contributed by atoms with Gasteiger partial charge in [0.15, 0.2) is 0 Å². The molecule has 1 saturated heterocycles. The van der Waals surface area contributed by atoms with Crippen LogP contribution in [-0.2, 0) is 9.53 Å². The van der Waals surface area contributed by atoms with Crippen LogP contribution in [0, 0.1) is 19.7 Å². The van der Waals surface area contributed by atoms with Gasteiger partial charge in [-0.2, -0.15) is 0 Å². The highest BCUT2D eigenvalue weighted by Crippen LogP contribution is 2.34. The summed E-state index contributed by atoms with van der Waals surface area (Å²) in [5.41, 5.74) is 3.33. The zero-order valence-corrected chi connectivity index (χ0v) is 27.4. The van der Waals surface area contributed by atoms with Gasteiger partial charge in [-0.3, -0.25) is 14.5 Å². The van der Waals surface area contributed by atoms with Crippen LogP contribution < -0.4 is 10.6 Å². The van der Waals surface area contributed by atoms with Crippen molar-refractivity contribution >= 4 is 72.5 Å². The number of rotatable bonds is 10. The predicted octanol–water partition coefficient (Wildman–Crippen LogP) is 4.35. The summed E-state index contributed by atoms with van der Waals surface area (Å²) in [5.74, 6) is -1.26. The average Bonchev–Trinajstić information content (AvgIpc) is 3.40. The lowest BCUT2D eigenvalue weighted by atomic mass is 10.0. The number of nitrogens with zero attached hydrogens (tertiary/aromatic N) is 3. The number of aromatic nitrogens is 1. The number of hydrogen-bond acceptors (Lipinski definition) is 7. The Balaban J connectivity index is 0.00000308. The monoisotopic (exact) mass is 662 g/mol. The molecule has 3 N–H and O–H groups in total. The molecule has 1 aromatic heterocycles. The molecule has 1 fully saturated rings. The molecule has 240 valence electrons. The summed E-state index contributed by atoms with van der Waals surface area (Å²) in [6.45, 7) is 14.2. The molecular weight excluding hydrogens is 622 g/mol. The lowest BCUT2D eigenvalue weighted by Crippen LogP contribution is -2.46. The predicted molar refractivity (Wildman–Crippen MR) is 174 cm³/mol. The van der Waals surface area contributed by atoms with Crippen LogP contribution in [0.3, 0.4) is 0 Å². The van der Waals surface area contributed by atoms with Gasteiger partial charge in [0.25, 0.3) is 11.8 Å². The SMILES string of the molecule is CCN(CC)CCN(C(=O)OCCN1CCNCC1)C(=O)c1c(C)[nH]c(/C=C2\C(=O)Nc3ccc(F)cc32)c1C.Cl.Cl.Cl. The Morgan fingerprint density at radius 1 is 1.07 bits per heavy atom. The number of aromatic amines is 1. The lowest BCUT2D eigenvalue weighted by molar-refractivity contribution is -0.110. The van der Waals surface area contributed by atoms with Gasteiger partial charge in [0.1, 0.15) is 12.4 Å². The molecule has 1 aromatic carbocycles. The molecule has 0 aliphatic carbocycles. The van der Waals surface area contributed by atoms with E-state index in [1.54, 1.807) is 19.9 Å². The van der Waals surface area contributed by atoms with Gasteiger partial charge in [-0.25, -0.2) is 14.1 Å². The summed E-state index contributed by atoms with van der Waals surface area (Å²) >= 11 is 0. The maximum Gasteiger partial charge on any atom is 0.416 e. The second kappa shape index (κ2) is 17.6. The van der Waals surface area contributed by atoms with E-state index in [1.165, 1.54) is 23.1 Å². The minimum Gasteiger partial charge on any atom is -0.448 e. The highest BCUT2D eigenvalue weighted by atomic mass is 35.5. The van der Waals surface area contributed by atoms with E-state index in [1.807, 2.05) is 13.8 Å². The molecule has 0 atom stereocenters. The van der Waals surface area contributed by atoms with Crippen molar-refractivity contribution in [3.63, 3.8) is 0 Å². The van der Waals surface area contributed by atoms with Crippen LogP contribution in [-0.4, -0.2) is 103 Å². The number of fused-ring (bicyclic) bond motifs is 1. The topological polar surface area (TPSA) is 110 Å². The number of H-pyrrole nitrogens is 1. The van der Waals surface area contributed by atoms with Gasteiger partial charge in [-0.05, 0) is 56.8 Å². The van der Waals surface area contributed by atoms with E-state index < -0.39 is 17.8 Å². The van der Waals surface area contributed by atoms with Crippen LogP contribution >= 0.6 is 37.2 Å². The van der Waals surface area contributed by atoms with Crippen molar-refractivity contribution < 1.29 is 23.5 Å². The van der Waals surface area contributed by atoms with Crippen molar-refractivity contribution in [3.8, 4) is 0 Å². The molecule has 43 heavy (non-hydrogen) atoms. The Morgan fingerprint density at radius 3 is 2.40 bits per heavy atom. The minimum atomic E-state index is -0.674. The maximum atomic E-state index is 13.9. The third kappa shape index (κ3) is 9.17. The van der Waals surface area contributed by atoms with Crippen LogP contribution in [0.25, 0.3) is 11.6 Å². The highest BCUT2D eigenvalue weighted by Gasteiger charge is 2.30. The molecule has 0 spiro atoms. The second-order valence-corrected chi connectivity index (χ2v) is 10.1. The number of anilines is 1. The molecule has 10 nitrogen and oxygen atoms in total. The fourth-order valence-corrected chi connectivity index (χ4v) is 5.15. The van der Waals surface area contributed by atoms with E-state index >= 15 is 0 Å². The molecule has 0 bridgehead atoms. The summed E-state index contributed by atoms with van der Waals surface area (Å²) in [6, 6.07) is 4.12. The van der Waals surface area contributed by atoms with E-state index in [2.05, 4.69) is 25.4 Å². The molecule has 3 amide bonds. The number of benzene rings is 1. The van der Waals surface area contributed by atoms with E-state index in [0.29, 0.717) is 52.4 Å². The zero-order valence-electron chi connectivity index (χ0n) is 25.0. The summed E-state index contributed by atoms with van der Waals surface area (Å²) in [7, 11) is 0. The van der Waals surface area contributed by atoms with Gasteiger partial charge in [0, 0.05) is 68.5 Å². The molecule has 0 radical (unpaired) electrons. The van der Waals surface area contributed by atoms with Crippen molar-refractivity contribution in [2.45, 2.75) is 27.7 Å². The fraction of sp³-hybridized carbons (Fsp3) is 0.483. The molecule has 14 heteroatoms. The van der Waals surface area contributed by atoms with Crippen LogP contribution in [0.5, 0.6) is 0 Å². The first-order chi connectivity index (χ1) is 19.2. The molecule has 3 heterocycles. The second-order valence-electron chi connectivity index (χ2n) is 10.1. The number of likely N-dealkylation sites (N-methyl/N-ethyl adjacent to an activating group) is 1. The van der Waals surface area contributed by atoms with Gasteiger partial charge in [0.2, 0.25) is 0 Å². The Hall–Kier alpha value is -2.67. The first-order valence-electron chi connectivity index (χ1n) is 13.9. The molecule has 0 unspecified atom stereocenters. The Bertz CT molecular complexity index is 1300. The summed E-state index contributed by atoms with van der Waals surface area (Å²) in [6.07, 6.45) is 0.943. The molecule has 2 aromatic rings. The first kappa shape index (κ1) is 38.4. The van der Waals surface area contributed by atoms with Crippen LogP contribution in [0.2, 0.25) is 0 Å². The number of aryl methyl sites for hydroxylation is 1. The van der Waals surface area contributed by atoms with E-state index in [4.69, 9.17) is 4.74 Å².